The fourth-order valence-corrected chi connectivity index (χ4v) is 2.81. The van der Waals surface area contributed by atoms with Crippen LogP contribution in [0.15, 0.2) is 48.5 Å². The monoisotopic (exact) mass is 338 g/mol. The molecule has 3 rings (SSSR count). The molecule has 1 saturated heterocycles. The third-order valence-corrected chi connectivity index (χ3v) is 4.18. The van der Waals surface area contributed by atoms with Crippen molar-refractivity contribution in [3.8, 4) is 5.75 Å². The summed E-state index contributed by atoms with van der Waals surface area (Å²) in [6, 6.07) is 14.6. The van der Waals surface area contributed by atoms with Crippen LogP contribution in [0.4, 0.5) is 5.69 Å². The number of likely N-dealkylation sites (tertiary alicyclic amines) is 1. The van der Waals surface area contributed by atoms with Gasteiger partial charge < -0.3 is 15.0 Å². The summed E-state index contributed by atoms with van der Waals surface area (Å²) in [5.74, 6) is 0.412. The van der Waals surface area contributed by atoms with E-state index in [-0.39, 0.29) is 18.4 Å². The zero-order chi connectivity index (χ0) is 17.6. The first-order valence-corrected chi connectivity index (χ1v) is 8.50. The van der Waals surface area contributed by atoms with Crippen LogP contribution in [-0.4, -0.2) is 36.4 Å². The molecule has 0 atom stereocenters. The summed E-state index contributed by atoms with van der Waals surface area (Å²) in [6.07, 6.45) is 2.11. The number of benzene rings is 2. The van der Waals surface area contributed by atoms with Gasteiger partial charge in [-0.1, -0.05) is 23.8 Å². The Bertz CT molecular complexity index is 750. The van der Waals surface area contributed by atoms with E-state index in [0.717, 1.165) is 31.5 Å². The van der Waals surface area contributed by atoms with E-state index in [9.17, 15) is 9.59 Å². The number of ether oxygens (including phenoxy) is 1. The highest BCUT2D eigenvalue weighted by molar-refractivity contribution is 5.97. The summed E-state index contributed by atoms with van der Waals surface area (Å²) in [5.41, 5.74) is 2.33. The van der Waals surface area contributed by atoms with Crippen LogP contribution in [-0.2, 0) is 4.79 Å². The Morgan fingerprint density at radius 2 is 1.80 bits per heavy atom. The molecule has 1 aliphatic rings. The van der Waals surface area contributed by atoms with E-state index in [1.54, 1.807) is 24.3 Å². The first kappa shape index (κ1) is 17.0. The van der Waals surface area contributed by atoms with Gasteiger partial charge in [0.15, 0.2) is 6.61 Å². The van der Waals surface area contributed by atoms with Crippen LogP contribution < -0.4 is 10.1 Å². The smallest absolute Gasteiger partial charge is 0.262 e. The van der Waals surface area contributed by atoms with E-state index in [0.29, 0.717) is 17.0 Å². The topological polar surface area (TPSA) is 58.6 Å². The van der Waals surface area contributed by atoms with Gasteiger partial charge in [-0.05, 0) is 50.1 Å². The van der Waals surface area contributed by atoms with Crippen molar-refractivity contribution in [2.75, 3.05) is 25.0 Å². The molecule has 1 N–H and O–H groups in total. The molecule has 1 aliphatic heterocycles. The molecular formula is C20H22N2O3. The van der Waals surface area contributed by atoms with Crippen molar-refractivity contribution in [3.05, 3.63) is 59.7 Å². The maximum Gasteiger partial charge on any atom is 0.262 e. The van der Waals surface area contributed by atoms with Crippen molar-refractivity contribution in [3.63, 3.8) is 0 Å². The Kier molecular flexibility index (Phi) is 5.33. The van der Waals surface area contributed by atoms with E-state index in [2.05, 4.69) is 5.32 Å². The number of aryl methyl sites for hydroxylation is 1. The number of hydrogen-bond donors (Lipinski definition) is 1. The third kappa shape index (κ3) is 4.59. The Morgan fingerprint density at radius 1 is 1.08 bits per heavy atom. The SMILES string of the molecule is Cc1ccc(OCC(=O)Nc2cccc(C(=O)N3CCCC3)c2)cc1. The highest BCUT2D eigenvalue weighted by Crippen LogP contribution is 2.17. The molecule has 25 heavy (non-hydrogen) atoms. The Balaban J connectivity index is 1.56. The lowest BCUT2D eigenvalue weighted by molar-refractivity contribution is -0.118. The van der Waals surface area contributed by atoms with Crippen molar-refractivity contribution in [1.29, 1.82) is 0 Å². The van der Waals surface area contributed by atoms with Crippen molar-refractivity contribution < 1.29 is 14.3 Å². The number of hydrogen-bond acceptors (Lipinski definition) is 3. The van der Waals surface area contributed by atoms with E-state index in [1.807, 2.05) is 36.1 Å². The number of amides is 2. The predicted molar refractivity (Wildman–Crippen MR) is 96.9 cm³/mol. The molecule has 2 aromatic carbocycles. The van der Waals surface area contributed by atoms with Gasteiger partial charge in [0.1, 0.15) is 5.75 Å². The van der Waals surface area contributed by atoms with Gasteiger partial charge in [-0.3, -0.25) is 9.59 Å². The number of rotatable bonds is 5. The molecule has 2 amide bonds. The van der Waals surface area contributed by atoms with Crippen LogP contribution in [0.5, 0.6) is 5.75 Å². The highest BCUT2D eigenvalue weighted by atomic mass is 16.5. The molecule has 0 unspecified atom stereocenters. The molecule has 5 nitrogen and oxygen atoms in total. The Hall–Kier alpha value is -2.82. The van der Waals surface area contributed by atoms with Gasteiger partial charge in [0.05, 0.1) is 0 Å². The lowest BCUT2D eigenvalue weighted by Crippen LogP contribution is -2.27. The van der Waals surface area contributed by atoms with E-state index in [4.69, 9.17) is 4.74 Å². The number of nitrogens with zero attached hydrogens (tertiary/aromatic N) is 1. The Labute approximate surface area is 147 Å². The van der Waals surface area contributed by atoms with Gasteiger partial charge in [-0.25, -0.2) is 0 Å². The van der Waals surface area contributed by atoms with Gasteiger partial charge in [0.25, 0.3) is 11.8 Å². The molecular weight excluding hydrogens is 316 g/mol. The first-order valence-electron chi connectivity index (χ1n) is 8.50. The molecule has 2 aromatic rings. The van der Waals surface area contributed by atoms with E-state index in [1.165, 1.54) is 0 Å². The minimum absolute atomic E-state index is 0.0181. The molecule has 5 heteroatoms. The summed E-state index contributed by atoms with van der Waals surface area (Å²) < 4.78 is 5.47. The highest BCUT2D eigenvalue weighted by Gasteiger charge is 2.19. The van der Waals surface area contributed by atoms with Gasteiger partial charge >= 0.3 is 0 Å². The van der Waals surface area contributed by atoms with Crippen LogP contribution in [0.3, 0.4) is 0 Å². The molecule has 0 aromatic heterocycles. The maximum absolute atomic E-state index is 12.4. The quantitative estimate of drug-likeness (QED) is 0.910. The van der Waals surface area contributed by atoms with Crippen molar-refractivity contribution in [2.45, 2.75) is 19.8 Å². The van der Waals surface area contributed by atoms with Gasteiger partial charge in [0.2, 0.25) is 0 Å². The maximum atomic E-state index is 12.4. The second kappa shape index (κ2) is 7.83. The standard InChI is InChI=1S/C20H22N2O3/c1-15-7-9-18(10-8-15)25-14-19(23)21-17-6-4-5-16(13-17)20(24)22-11-2-3-12-22/h4-10,13H,2-3,11-12,14H2,1H3,(H,21,23). The summed E-state index contributed by atoms with van der Waals surface area (Å²) in [7, 11) is 0. The largest absolute Gasteiger partial charge is 0.484 e. The summed E-state index contributed by atoms with van der Waals surface area (Å²) in [5, 5.41) is 2.77. The average Bonchev–Trinajstić information content (AvgIpc) is 3.15. The lowest BCUT2D eigenvalue weighted by atomic mass is 10.1. The number of carbonyl (C=O) groups is 2. The second-order valence-corrected chi connectivity index (χ2v) is 6.23. The summed E-state index contributed by atoms with van der Waals surface area (Å²) in [6.45, 7) is 3.53. The molecule has 1 heterocycles. The molecule has 0 radical (unpaired) electrons. The fourth-order valence-electron chi connectivity index (χ4n) is 2.81. The van der Waals surface area contributed by atoms with Crippen LogP contribution in [0, 0.1) is 6.92 Å². The van der Waals surface area contributed by atoms with Gasteiger partial charge in [-0.15, -0.1) is 0 Å². The van der Waals surface area contributed by atoms with E-state index < -0.39 is 0 Å². The number of carbonyl (C=O) groups excluding carboxylic acids is 2. The van der Waals surface area contributed by atoms with Crippen LogP contribution in [0.25, 0.3) is 0 Å². The lowest BCUT2D eigenvalue weighted by Gasteiger charge is -2.15. The molecule has 0 saturated carbocycles. The van der Waals surface area contributed by atoms with Crippen LogP contribution in [0.2, 0.25) is 0 Å². The zero-order valence-corrected chi connectivity index (χ0v) is 14.3. The average molecular weight is 338 g/mol. The fraction of sp³-hybridized carbons (Fsp3) is 0.300. The minimum Gasteiger partial charge on any atom is -0.484 e. The van der Waals surface area contributed by atoms with Gasteiger partial charge in [-0.2, -0.15) is 0 Å². The predicted octanol–water partition coefficient (Wildman–Crippen LogP) is 3.25. The molecule has 130 valence electrons. The Morgan fingerprint density at radius 3 is 2.52 bits per heavy atom. The summed E-state index contributed by atoms with van der Waals surface area (Å²) >= 11 is 0. The molecule has 0 aliphatic carbocycles. The minimum atomic E-state index is -0.258. The van der Waals surface area contributed by atoms with E-state index >= 15 is 0 Å². The second-order valence-electron chi connectivity index (χ2n) is 6.23. The molecule has 0 bridgehead atoms. The normalized spacial score (nSPS) is 13.6. The van der Waals surface area contributed by atoms with Crippen molar-refractivity contribution in [1.82, 2.24) is 4.90 Å². The molecule has 0 spiro atoms. The van der Waals surface area contributed by atoms with Crippen LogP contribution in [0.1, 0.15) is 28.8 Å². The van der Waals surface area contributed by atoms with Crippen LogP contribution >= 0.6 is 0 Å². The summed E-state index contributed by atoms with van der Waals surface area (Å²) in [4.78, 5) is 26.3. The molecule has 1 fully saturated rings. The van der Waals surface area contributed by atoms with Crippen molar-refractivity contribution >= 4 is 17.5 Å². The first-order chi connectivity index (χ1) is 12.1. The number of nitrogens with one attached hydrogen (secondary N) is 1. The third-order valence-electron chi connectivity index (χ3n) is 4.18. The van der Waals surface area contributed by atoms with Crippen molar-refractivity contribution in [2.24, 2.45) is 0 Å². The van der Waals surface area contributed by atoms with Gasteiger partial charge in [0, 0.05) is 24.3 Å². The zero-order valence-electron chi connectivity index (χ0n) is 14.3. The number of anilines is 1.